The molecule has 1 aromatic carbocycles. The molecule has 2 N–H and O–H groups in total. The molecule has 0 aliphatic heterocycles. The molecule has 0 spiro atoms. The van der Waals surface area contributed by atoms with Gasteiger partial charge < -0.3 is 10.5 Å². The van der Waals surface area contributed by atoms with Gasteiger partial charge in [0.2, 0.25) is 0 Å². The summed E-state index contributed by atoms with van der Waals surface area (Å²) in [5.74, 6) is -0.925. The summed E-state index contributed by atoms with van der Waals surface area (Å²) < 4.78 is 18.6. The molecule has 1 aromatic rings. The lowest BCUT2D eigenvalue weighted by molar-refractivity contribution is -0.143. The molecule has 0 aliphatic carbocycles. The zero-order chi connectivity index (χ0) is 13.0. The molecule has 0 amide bonds. The molecule has 0 aliphatic rings. The summed E-state index contributed by atoms with van der Waals surface area (Å²) in [6, 6.07) is 2.35. The Labute approximate surface area is 105 Å². The molecule has 17 heavy (non-hydrogen) atoms. The van der Waals surface area contributed by atoms with E-state index in [2.05, 4.69) is 0 Å². The second-order valence-electron chi connectivity index (χ2n) is 3.71. The van der Waals surface area contributed by atoms with Gasteiger partial charge in [-0.15, -0.1) is 0 Å². The summed E-state index contributed by atoms with van der Waals surface area (Å²) in [5, 5.41) is 0.227. The first-order valence-electron chi connectivity index (χ1n) is 5.33. The van der Waals surface area contributed by atoms with Crippen molar-refractivity contribution in [3.8, 4) is 0 Å². The number of ether oxygens (including phenoxy) is 1. The topological polar surface area (TPSA) is 52.3 Å². The third-order valence-corrected chi connectivity index (χ3v) is 2.71. The van der Waals surface area contributed by atoms with Crippen molar-refractivity contribution in [2.75, 3.05) is 6.61 Å². The van der Waals surface area contributed by atoms with Crippen molar-refractivity contribution in [2.45, 2.75) is 26.3 Å². The molecular weight excluding hydrogens is 245 g/mol. The smallest absolute Gasteiger partial charge is 0.307 e. The second-order valence-corrected chi connectivity index (χ2v) is 4.11. The Bertz CT molecular complexity index is 423. The lowest BCUT2D eigenvalue weighted by Gasteiger charge is -2.15. The van der Waals surface area contributed by atoms with Gasteiger partial charge >= 0.3 is 5.97 Å². The molecule has 3 nitrogen and oxygen atoms in total. The lowest BCUT2D eigenvalue weighted by atomic mass is 10.0. The number of esters is 1. The van der Waals surface area contributed by atoms with E-state index in [4.69, 9.17) is 22.1 Å². The molecule has 94 valence electrons. The van der Waals surface area contributed by atoms with Crippen LogP contribution >= 0.6 is 11.6 Å². The van der Waals surface area contributed by atoms with Gasteiger partial charge in [0.05, 0.1) is 13.0 Å². The number of rotatable bonds is 4. The maximum Gasteiger partial charge on any atom is 0.307 e. The van der Waals surface area contributed by atoms with E-state index in [-0.39, 0.29) is 23.6 Å². The largest absolute Gasteiger partial charge is 0.466 e. The van der Waals surface area contributed by atoms with Crippen LogP contribution in [0.25, 0.3) is 0 Å². The van der Waals surface area contributed by atoms with Gasteiger partial charge in [-0.1, -0.05) is 17.7 Å². The molecule has 1 rings (SSSR count). The van der Waals surface area contributed by atoms with Gasteiger partial charge in [-0.3, -0.25) is 4.79 Å². The summed E-state index contributed by atoms with van der Waals surface area (Å²) in [6.45, 7) is 3.59. The predicted molar refractivity (Wildman–Crippen MR) is 64.3 cm³/mol. The van der Waals surface area contributed by atoms with E-state index in [1.54, 1.807) is 26.0 Å². The summed E-state index contributed by atoms with van der Waals surface area (Å²) in [7, 11) is 0. The standard InChI is InChI=1S/C12H15ClFNO2/c1-3-17-10(16)6-9(15)11-8(13)5-4-7(2)12(11)14/h4-5,9H,3,6,15H2,1-2H3/t9-/m0/s1. The van der Waals surface area contributed by atoms with Gasteiger partial charge in [0.15, 0.2) is 0 Å². The SMILES string of the molecule is CCOC(=O)C[C@H](N)c1c(Cl)ccc(C)c1F. The van der Waals surface area contributed by atoms with Crippen LogP contribution in [-0.2, 0) is 9.53 Å². The van der Waals surface area contributed by atoms with Crippen molar-refractivity contribution in [2.24, 2.45) is 5.73 Å². The summed E-state index contributed by atoms with van der Waals surface area (Å²) >= 11 is 5.88. The summed E-state index contributed by atoms with van der Waals surface area (Å²) in [5.41, 5.74) is 6.39. The summed E-state index contributed by atoms with van der Waals surface area (Å²) in [4.78, 5) is 11.3. The molecule has 0 saturated heterocycles. The first-order valence-corrected chi connectivity index (χ1v) is 5.70. The van der Waals surface area contributed by atoms with Crippen molar-refractivity contribution in [3.63, 3.8) is 0 Å². The van der Waals surface area contributed by atoms with E-state index in [9.17, 15) is 9.18 Å². The van der Waals surface area contributed by atoms with Gasteiger partial charge in [-0.2, -0.15) is 0 Å². The zero-order valence-electron chi connectivity index (χ0n) is 9.80. The minimum atomic E-state index is -0.790. The van der Waals surface area contributed by atoms with Crippen LogP contribution < -0.4 is 5.73 Å². The molecule has 1 atom stereocenters. The fraction of sp³-hybridized carbons (Fsp3) is 0.417. The number of aryl methyl sites for hydroxylation is 1. The Morgan fingerprint density at radius 1 is 1.59 bits per heavy atom. The Balaban J connectivity index is 2.92. The maximum absolute atomic E-state index is 13.8. The van der Waals surface area contributed by atoms with Crippen LogP contribution in [0.3, 0.4) is 0 Å². The quantitative estimate of drug-likeness (QED) is 0.846. The highest BCUT2D eigenvalue weighted by Crippen LogP contribution is 2.28. The minimum absolute atomic E-state index is 0.0894. The van der Waals surface area contributed by atoms with Crippen molar-refractivity contribution in [1.82, 2.24) is 0 Å². The summed E-state index contributed by atoms with van der Waals surface area (Å²) in [6.07, 6.45) is -0.0894. The van der Waals surface area contributed by atoms with Crippen molar-refractivity contribution >= 4 is 17.6 Å². The molecule has 5 heteroatoms. The van der Waals surface area contributed by atoms with Crippen molar-refractivity contribution in [3.05, 3.63) is 34.1 Å². The number of halogens is 2. The van der Waals surface area contributed by atoms with Gasteiger partial charge in [-0.25, -0.2) is 4.39 Å². The minimum Gasteiger partial charge on any atom is -0.466 e. The number of benzene rings is 1. The maximum atomic E-state index is 13.8. The Morgan fingerprint density at radius 3 is 2.82 bits per heavy atom. The molecule has 0 aromatic heterocycles. The van der Waals surface area contributed by atoms with E-state index >= 15 is 0 Å². The molecule has 0 fully saturated rings. The average molecular weight is 260 g/mol. The van der Waals surface area contributed by atoms with Crippen LogP contribution in [0, 0.1) is 12.7 Å². The Hall–Kier alpha value is -1.13. The van der Waals surface area contributed by atoms with E-state index < -0.39 is 17.8 Å². The first-order chi connectivity index (χ1) is 7.97. The van der Waals surface area contributed by atoms with Gasteiger partial charge in [-0.05, 0) is 25.5 Å². The van der Waals surface area contributed by atoms with Gasteiger partial charge in [0, 0.05) is 16.6 Å². The highest BCUT2D eigenvalue weighted by Gasteiger charge is 2.20. The average Bonchev–Trinajstić information content (AvgIpc) is 2.24. The fourth-order valence-electron chi connectivity index (χ4n) is 1.52. The fourth-order valence-corrected chi connectivity index (χ4v) is 1.81. The van der Waals surface area contributed by atoms with E-state index in [1.807, 2.05) is 0 Å². The van der Waals surface area contributed by atoms with Crippen LogP contribution in [0.2, 0.25) is 5.02 Å². The van der Waals surface area contributed by atoms with Crippen LogP contribution in [0.15, 0.2) is 12.1 Å². The van der Waals surface area contributed by atoms with Crippen molar-refractivity contribution in [1.29, 1.82) is 0 Å². The Kier molecular flexibility index (Phi) is 4.90. The second kappa shape index (κ2) is 5.98. The van der Waals surface area contributed by atoms with Crippen LogP contribution in [0.1, 0.15) is 30.5 Å². The molecular formula is C12H15ClFNO2. The zero-order valence-corrected chi connectivity index (χ0v) is 10.6. The molecule has 0 bridgehead atoms. The van der Waals surface area contributed by atoms with Crippen LogP contribution in [0.4, 0.5) is 4.39 Å². The Morgan fingerprint density at radius 2 is 2.24 bits per heavy atom. The highest BCUT2D eigenvalue weighted by molar-refractivity contribution is 6.31. The third kappa shape index (κ3) is 3.41. The van der Waals surface area contributed by atoms with Crippen LogP contribution in [0.5, 0.6) is 0 Å². The monoisotopic (exact) mass is 259 g/mol. The first kappa shape index (κ1) is 13.9. The molecule has 0 radical (unpaired) electrons. The number of hydrogen-bond donors (Lipinski definition) is 1. The lowest BCUT2D eigenvalue weighted by Crippen LogP contribution is -2.19. The van der Waals surface area contributed by atoms with E-state index in [0.717, 1.165) is 0 Å². The number of nitrogens with two attached hydrogens (primary N) is 1. The van der Waals surface area contributed by atoms with Gasteiger partial charge in [0.1, 0.15) is 5.82 Å². The molecule has 0 unspecified atom stereocenters. The van der Waals surface area contributed by atoms with Crippen molar-refractivity contribution < 1.29 is 13.9 Å². The van der Waals surface area contributed by atoms with E-state index in [1.165, 1.54) is 0 Å². The third-order valence-electron chi connectivity index (χ3n) is 2.38. The number of carbonyl (C=O) groups excluding carboxylic acids is 1. The molecule has 0 heterocycles. The number of hydrogen-bond acceptors (Lipinski definition) is 3. The van der Waals surface area contributed by atoms with Gasteiger partial charge in [0.25, 0.3) is 0 Å². The van der Waals surface area contributed by atoms with Crippen LogP contribution in [-0.4, -0.2) is 12.6 Å². The normalized spacial score (nSPS) is 12.3. The predicted octanol–water partition coefficient (Wildman–Crippen LogP) is 2.74. The molecule has 0 saturated carbocycles. The van der Waals surface area contributed by atoms with E-state index in [0.29, 0.717) is 5.56 Å². The highest BCUT2D eigenvalue weighted by atomic mass is 35.5. The number of carbonyl (C=O) groups is 1.